The molecule has 1 aromatic rings. The number of carbonyl (C=O) groups excluding carboxylic acids is 1. The summed E-state index contributed by atoms with van der Waals surface area (Å²) < 4.78 is 4.52. The number of hydrogen-bond donors (Lipinski definition) is 0. The van der Waals surface area contributed by atoms with Crippen LogP contribution in [0.5, 0.6) is 0 Å². The summed E-state index contributed by atoms with van der Waals surface area (Å²) in [4.78, 5) is 16.0. The van der Waals surface area contributed by atoms with Crippen molar-refractivity contribution in [1.82, 2.24) is 4.98 Å². The Morgan fingerprint density at radius 3 is 2.64 bits per heavy atom. The quantitative estimate of drug-likeness (QED) is 0.727. The van der Waals surface area contributed by atoms with Crippen molar-refractivity contribution in [2.75, 3.05) is 7.11 Å². The maximum atomic E-state index is 10.8. The van der Waals surface area contributed by atoms with Crippen molar-refractivity contribution in [1.29, 1.82) is 0 Å². The number of nitrogens with zero attached hydrogens (tertiary/aromatic N) is 1. The number of rotatable bonds is 3. The van der Waals surface area contributed by atoms with Crippen LogP contribution < -0.4 is 0 Å². The average Bonchev–Trinajstić information content (AvgIpc) is 2.64. The van der Waals surface area contributed by atoms with Crippen molar-refractivity contribution in [3.63, 3.8) is 0 Å². The maximum absolute atomic E-state index is 10.8. The molecule has 80 valence electrons. The summed E-state index contributed by atoms with van der Waals surface area (Å²) in [6.07, 6.45) is 2.99. The monoisotopic (exact) mass is 215 g/mol. The Balaban J connectivity index is 0.000000791. The predicted octanol–water partition coefficient (Wildman–Crippen LogP) is 2.58. The number of methoxy groups -OCH3 is 1. The van der Waals surface area contributed by atoms with E-state index in [0.717, 1.165) is 16.3 Å². The van der Waals surface area contributed by atoms with E-state index in [4.69, 9.17) is 0 Å². The van der Waals surface area contributed by atoms with Gasteiger partial charge in [-0.15, -0.1) is 11.3 Å². The lowest BCUT2D eigenvalue weighted by molar-refractivity contribution is -0.140. The number of carbonyl (C=O) groups is 1. The van der Waals surface area contributed by atoms with Gasteiger partial charge in [0.05, 0.1) is 18.5 Å². The van der Waals surface area contributed by atoms with Crippen LogP contribution in [0.1, 0.15) is 30.2 Å². The smallest absolute Gasteiger partial charge is 0.305 e. The highest BCUT2D eigenvalue weighted by molar-refractivity contribution is 7.11. The molecule has 0 amide bonds. The van der Waals surface area contributed by atoms with Gasteiger partial charge in [0.2, 0.25) is 0 Å². The van der Waals surface area contributed by atoms with Crippen molar-refractivity contribution in [3.05, 3.63) is 16.1 Å². The van der Waals surface area contributed by atoms with Crippen molar-refractivity contribution in [2.45, 2.75) is 33.6 Å². The fraction of sp³-hybridized carbons (Fsp3) is 0.600. The van der Waals surface area contributed by atoms with Crippen LogP contribution in [-0.2, 0) is 16.0 Å². The van der Waals surface area contributed by atoms with Gasteiger partial charge in [-0.3, -0.25) is 4.79 Å². The van der Waals surface area contributed by atoms with Crippen LogP contribution in [0.3, 0.4) is 0 Å². The third-order valence-electron chi connectivity index (χ3n) is 1.47. The third-order valence-corrected chi connectivity index (χ3v) is 2.44. The Kier molecular flexibility index (Phi) is 7.02. The molecule has 0 aliphatic carbocycles. The second-order valence-electron chi connectivity index (χ2n) is 2.42. The Morgan fingerprint density at radius 1 is 1.57 bits per heavy atom. The first-order chi connectivity index (χ1) is 6.72. The van der Waals surface area contributed by atoms with Crippen molar-refractivity contribution < 1.29 is 9.53 Å². The van der Waals surface area contributed by atoms with Gasteiger partial charge in [-0.1, -0.05) is 13.8 Å². The molecule has 0 bridgehead atoms. The topological polar surface area (TPSA) is 39.2 Å². The zero-order valence-corrected chi connectivity index (χ0v) is 9.98. The molecule has 0 saturated carbocycles. The molecule has 0 saturated heterocycles. The first-order valence-corrected chi connectivity index (χ1v) is 5.52. The lowest BCUT2D eigenvalue weighted by Crippen LogP contribution is -2.00. The molecule has 14 heavy (non-hydrogen) atoms. The van der Waals surface area contributed by atoms with E-state index in [1.165, 1.54) is 7.11 Å². The fourth-order valence-electron chi connectivity index (χ4n) is 0.848. The van der Waals surface area contributed by atoms with E-state index in [1.54, 1.807) is 11.3 Å². The second kappa shape index (κ2) is 7.50. The summed E-state index contributed by atoms with van der Waals surface area (Å²) in [5, 5.41) is 1.04. The summed E-state index contributed by atoms with van der Waals surface area (Å²) in [6.45, 7) is 5.95. The predicted molar refractivity (Wildman–Crippen MR) is 58.5 cm³/mol. The molecule has 0 radical (unpaired) electrons. The minimum absolute atomic E-state index is 0.166. The lowest BCUT2D eigenvalue weighted by atomic mass is 10.3. The van der Waals surface area contributed by atoms with E-state index >= 15 is 0 Å². The summed E-state index contributed by atoms with van der Waals surface area (Å²) in [5.74, 6) is -0.166. The van der Waals surface area contributed by atoms with Gasteiger partial charge in [-0.25, -0.2) is 4.98 Å². The van der Waals surface area contributed by atoms with Gasteiger partial charge >= 0.3 is 5.97 Å². The minimum Gasteiger partial charge on any atom is -0.469 e. The van der Waals surface area contributed by atoms with E-state index in [-0.39, 0.29) is 5.97 Å². The second-order valence-corrected chi connectivity index (χ2v) is 3.74. The minimum atomic E-state index is -0.166. The number of thiazole rings is 1. The zero-order chi connectivity index (χ0) is 11.0. The average molecular weight is 215 g/mol. The molecule has 0 N–H and O–H groups in total. The van der Waals surface area contributed by atoms with Gasteiger partial charge in [-0.2, -0.15) is 0 Å². The molecule has 1 rings (SSSR count). The summed E-state index contributed by atoms with van der Waals surface area (Å²) in [6, 6.07) is 0. The number of ether oxygens (including phenoxy) is 1. The Hall–Kier alpha value is -0.900. The normalized spacial score (nSPS) is 8.86. The summed E-state index contributed by atoms with van der Waals surface area (Å²) in [5.41, 5.74) is 0. The van der Waals surface area contributed by atoms with Crippen molar-refractivity contribution in [2.24, 2.45) is 0 Å². The van der Waals surface area contributed by atoms with Gasteiger partial charge in [0, 0.05) is 11.1 Å². The Labute approximate surface area is 89.1 Å². The molecule has 3 nitrogen and oxygen atoms in total. The van der Waals surface area contributed by atoms with Gasteiger partial charge in [-0.05, 0) is 13.3 Å². The maximum Gasteiger partial charge on any atom is 0.305 e. The largest absolute Gasteiger partial charge is 0.469 e. The van der Waals surface area contributed by atoms with Gasteiger partial charge < -0.3 is 4.74 Å². The molecule has 4 heteroatoms. The standard InChI is InChI=1S/C8H11NO2S.C2H6/c1-6-9-5-7(12-6)3-4-8(10)11-2;1-2/h5H,3-4H2,1-2H3;1-2H3. The van der Waals surface area contributed by atoms with E-state index in [1.807, 2.05) is 27.0 Å². The van der Waals surface area contributed by atoms with E-state index in [9.17, 15) is 4.79 Å². The van der Waals surface area contributed by atoms with Crippen LogP contribution in [0.2, 0.25) is 0 Å². The van der Waals surface area contributed by atoms with E-state index < -0.39 is 0 Å². The van der Waals surface area contributed by atoms with E-state index in [0.29, 0.717) is 6.42 Å². The van der Waals surface area contributed by atoms with Gasteiger partial charge in [0.1, 0.15) is 0 Å². The van der Waals surface area contributed by atoms with Crippen LogP contribution in [0, 0.1) is 6.92 Å². The molecule has 0 unspecified atom stereocenters. The first-order valence-electron chi connectivity index (χ1n) is 4.70. The number of esters is 1. The van der Waals surface area contributed by atoms with Crippen molar-refractivity contribution >= 4 is 17.3 Å². The van der Waals surface area contributed by atoms with Crippen LogP contribution in [-0.4, -0.2) is 18.1 Å². The van der Waals surface area contributed by atoms with Crippen LogP contribution in [0.4, 0.5) is 0 Å². The van der Waals surface area contributed by atoms with Gasteiger partial charge in [0.15, 0.2) is 0 Å². The highest BCUT2D eigenvalue weighted by Crippen LogP contribution is 2.13. The number of aromatic nitrogens is 1. The zero-order valence-electron chi connectivity index (χ0n) is 9.16. The van der Waals surface area contributed by atoms with Crippen LogP contribution in [0.15, 0.2) is 6.20 Å². The number of hydrogen-bond acceptors (Lipinski definition) is 4. The lowest BCUT2D eigenvalue weighted by Gasteiger charge is -1.95. The Bertz CT molecular complexity index is 271. The molecule has 0 spiro atoms. The number of aryl methyl sites for hydroxylation is 2. The SMILES string of the molecule is CC.COC(=O)CCc1cnc(C)s1. The summed E-state index contributed by atoms with van der Waals surface area (Å²) in [7, 11) is 1.40. The molecule has 1 heterocycles. The summed E-state index contributed by atoms with van der Waals surface area (Å²) >= 11 is 1.62. The van der Waals surface area contributed by atoms with E-state index in [2.05, 4.69) is 9.72 Å². The molecule has 0 aliphatic heterocycles. The molecular weight excluding hydrogens is 198 g/mol. The first kappa shape index (κ1) is 13.1. The highest BCUT2D eigenvalue weighted by Gasteiger charge is 2.03. The molecule has 0 aromatic carbocycles. The van der Waals surface area contributed by atoms with Gasteiger partial charge in [0.25, 0.3) is 0 Å². The molecular formula is C10H17NO2S. The van der Waals surface area contributed by atoms with Crippen molar-refractivity contribution in [3.8, 4) is 0 Å². The Morgan fingerprint density at radius 2 is 2.21 bits per heavy atom. The van der Waals surface area contributed by atoms with Crippen LogP contribution >= 0.6 is 11.3 Å². The molecule has 0 fully saturated rings. The van der Waals surface area contributed by atoms with Crippen LogP contribution in [0.25, 0.3) is 0 Å². The highest BCUT2D eigenvalue weighted by atomic mass is 32.1. The molecule has 1 aromatic heterocycles. The molecule has 0 aliphatic rings. The fourth-order valence-corrected chi connectivity index (χ4v) is 1.64. The third kappa shape index (κ3) is 4.97. The molecule has 0 atom stereocenters.